The van der Waals surface area contributed by atoms with Crippen molar-refractivity contribution in [3.63, 3.8) is 0 Å². The van der Waals surface area contributed by atoms with Gasteiger partial charge in [0, 0.05) is 0 Å². The summed E-state index contributed by atoms with van der Waals surface area (Å²) in [5.74, 6) is 3.94. The van der Waals surface area contributed by atoms with Gasteiger partial charge in [-0.15, -0.1) is 0 Å². The van der Waals surface area contributed by atoms with Crippen LogP contribution in [0.2, 0.25) is 0 Å². The van der Waals surface area contributed by atoms with E-state index in [1.165, 1.54) is 57.8 Å². The monoisotopic (exact) mass is 179 g/mol. The maximum atomic E-state index is 2.46. The van der Waals surface area contributed by atoms with E-state index in [0.29, 0.717) is 0 Å². The number of hydrogen-bond acceptors (Lipinski definition) is 0. The molecular weight excluding hydrogens is 156 g/mol. The maximum absolute atomic E-state index is 2.46. The van der Waals surface area contributed by atoms with Gasteiger partial charge in [-0.2, -0.15) is 0 Å². The van der Waals surface area contributed by atoms with Gasteiger partial charge in [0.25, 0.3) is 0 Å². The first-order valence-corrected chi connectivity index (χ1v) is 6.23. The molecule has 0 N–H and O–H groups in total. The summed E-state index contributed by atoms with van der Waals surface area (Å²) in [6.07, 6.45) is 13.4. The van der Waals surface area contributed by atoms with E-state index >= 15 is 0 Å². The fourth-order valence-corrected chi connectivity index (χ4v) is 3.29. The summed E-state index contributed by atoms with van der Waals surface area (Å²) in [6.45, 7) is 2.46. The van der Waals surface area contributed by atoms with Crippen LogP contribution in [0.4, 0.5) is 0 Å². The van der Waals surface area contributed by atoms with Crippen LogP contribution >= 0.6 is 0 Å². The van der Waals surface area contributed by atoms with Crippen molar-refractivity contribution in [2.24, 2.45) is 11.8 Å². The minimum absolute atomic E-state index is 0.955. The van der Waals surface area contributed by atoms with Crippen LogP contribution in [0.1, 0.15) is 64.7 Å². The lowest BCUT2D eigenvalue weighted by Crippen LogP contribution is -2.24. The summed E-state index contributed by atoms with van der Waals surface area (Å²) in [5.41, 5.74) is 0. The first-order chi connectivity index (χ1) is 6.38. The highest BCUT2D eigenvalue weighted by molar-refractivity contribution is 5.03. The van der Waals surface area contributed by atoms with Crippen molar-refractivity contribution < 1.29 is 0 Å². The molecule has 0 bridgehead atoms. The molecule has 0 saturated heterocycles. The Morgan fingerprint density at radius 1 is 0.846 bits per heavy atom. The van der Waals surface area contributed by atoms with Crippen LogP contribution in [0.3, 0.4) is 0 Å². The molecule has 1 unspecified atom stereocenters. The molecule has 2 fully saturated rings. The molecule has 1 atom stereocenters. The van der Waals surface area contributed by atoms with Gasteiger partial charge in [-0.3, -0.25) is 0 Å². The van der Waals surface area contributed by atoms with E-state index < -0.39 is 0 Å². The van der Waals surface area contributed by atoms with Crippen LogP contribution in [0.15, 0.2) is 0 Å². The smallest absolute Gasteiger partial charge is 0.0182 e. The third kappa shape index (κ3) is 2.27. The highest BCUT2D eigenvalue weighted by Crippen LogP contribution is 2.42. The Morgan fingerprint density at radius 2 is 1.54 bits per heavy atom. The predicted molar refractivity (Wildman–Crippen MR) is 57.5 cm³/mol. The van der Waals surface area contributed by atoms with Gasteiger partial charge in [0.05, 0.1) is 0 Å². The standard InChI is InChI=1S/C13H23/c1-11-7-5-6-10-13(11)12-8-3-2-4-9-12/h11-12H,2-10H2,1H3. The van der Waals surface area contributed by atoms with Gasteiger partial charge < -0.3 is 0 Å². The lowest BCUT2D eigenvalue weighted by Gasteiger charge is -2.36. The van der Waals surface area contributed by atoms with Crippen LogP contribution in [0.25, 0.3) is 0 Å². The topological polar surface area (TPSA) is 0 Å². The molecule has 1 radical (unpaired) electrons. The zero-order valence-corrected chi connectivity index (χ0v) is 9.02. The Bertz CT molecular complexity index is 144. The summed E-state index contributed by atoms with van der Waals surface area (Å²) in [7, 11) is 0. The zero-order valence-electron chi connectivity index (χ0n) is 9.02. The SMILES string of the molecule is CC1CCCC[C]1C1CCCCC1. The lowest BCUT2D eigenvalue weighted by molar-refractivity contribution is 0.278. The molecule has 0 aromatic rings. The van der Waals surface area contributed by atoms with E-state index in [1.54, 1.807) is 0 Å². The molecule has 0 heteroatoms. The van der Waals surface area contributed by atoms with Gasteiger partial charge in [0.1, 0.15) is 0 Å². The second kappa shape index (κ2) is 4.48. The molecule has 0 aliphatic heterocycles. The quantitative estimate of drug-likeness (QED) is 0.561. The molecule has 75 valence electrons. The van der Waals surface area contributed by atoms with Crippen LogP contribution < -0.4 is 0 Å². The molecular formula is C13H23. The molecule has 0 spiro atoms. The molecule has 0 heterocycles. The van der Waals surface area contributed by atoms with Crippen molar-refractivity contribution in [2.45, 2.75) is 64.7 Å². The van der Waals surface area contributed by atoms with E-state index in [4.69, 9.17) is 0 Å². The minimum Gasteiger partial charge on any atom is -0.0619 e. The summed E-state index contributed by atoms with van der Waals surface area (Å²) in [5, 5.41) is 0. The second-order valence-corrected chi connectivity index (χ2v) is 5.06. The largest absolute Gasteiger partial charge is 0.0619 e. The molecule has 2 saturated carbocycles. The number of rotatable bonds is 1. The van der Waals surface area contributed by atoms with Crippen LogP contribution in [0, 0.1) is 17.8 Å². The van der Waals surface area contributed by atoms with Crippen LogP contribution in [0.5, 0.6) is 0 Å². The van der Waals surface area contributed by atoms with Crippen molar-refractivity contribution in [3.05, 3.63) is 5.92 Å². The van der Waals surface area contributed by atoms with Crippen molar-refractivity contribution in [1.82, 2.24) is 0 Å². The Hall–Kier alpha value is 0. The maximum Gasteiger partial charge on any atom is -0.0182 e. The summed E-state index contributed by atoms with van der Waals surface area (Å²) in [6, 6.07) is 0. The molecule has 0 nitrogen and oxygen atoms in total. The van der Waals surface area contributed by atoms with E-state index in [-0.39, 0.29) is 0 Å². The Kier molecular flexibility index (Phi) is 3.29. The summed E-state index contributed by atoms with van der Waals surface area (Å²) >= 11 is 0. The summed E-state index contributed by atoms with van der Waals surface area (Å²) in [4.78, 5) is 0. The average Bonchev–Trinajstić information content (AvgIpc) is 2.20. The molecule has 2 aliphatic carbocycles. The predicted octanol–water partition coefficient (Wildman–Crippen LogP) is 4.35. The first kappa shape index (κ1) is 9.55. The summed E-state index contributed by atoms with van der Waals surface area (Å²) < 4.78 is 0. The van der Waals surface area contributed by atoms with E-state index in [9.17, 15) is 0 Å². The van der Waals surface area contributed by atoms with Crippen molar-refractivity contribution >= 4 is 0 Å². The second-order valence-electron chi connectivity index (χ2n) is 5.06. The highest BCUT2D eigenvalue weighted by atomic mass is 14.3. The fraction of sp³-hybridized carbons (Fsp3) is 0.923. The zero-order chi connectivity index (χ0) is 9.10. The van der Waals surface area contributed by atoms with E-state index in [1.807, 2.05) is 5.92 Å². The van der Waals surface area contributed by atoms with Crippen molar-refractivity contribution in [3.8, 4) is 0 Å². The normalized spacial score (nSPS) is 33.5. The van der Waals surface area contributed by atoms with E-state index in [0.717, 1.165) is 11.8 Å². The first-order valence-electron chi connectivity index (χ1n) is 6.23. The van der Waals surface area contributed by atoms with E-state index in [2.05, 4.69) is 6.92 Å². The third-order valence-corrected chi connectivity index (χ3v) is 4.12. The Balaban J connectivity index is 1.88. The lowest BCUT2D eigenvalue weighted by atomic mass is 9.69. The molecule has 13 heavy (non-hydrogen) atoms. The van der Waals surface area contributed by atoms with Crippen molar-refractivity contribution in [2.75, 3.05) is 0 Å². The van der Waals surface area contributed by atoms with Gasteiger partial charge in [-0.05, 0) is 37.0 Å². The molecule has 0 aromatic carbocycles. The van der Waals surface area contributed by atoms with Gasteiger partial charge in [0.15, 0.2) is 0 Å². The Labute approximate surface area is 83.1 Å². The van der Waals surface area contributed by atoms with Gasteiger partial charge >= 0.3 is 0 Å². The molecule has 0 aromatic heterocycles. The van der Waals surface area contributed by atoms with Gasteiger partial charge in [-0.25, -0.2) is 0 Å². The highest BCUT2D eigenvalue weighted by Gasteiger charge is 2.30. The van der Waals surface area contributed by atoms with Gasteiger partial charge in [0.2, 0.25) is 0 Å². The molecule has 2 aliphatic rings. The fourth-order valence-electron chi connectivity index (χ4n) is 3.29. The van der Waals surface area contributed by atoms with Crippen LogP contribution in [-0.2, 0) is 0 Å². The number of hydrogen-bond donors (Lipinski definition) is 0. The van der Waals surface area contributed by atoms with Crippen molar-refractivity contribution in [1.29, 1.82) is 0 Å². The minimum atomic E-state index is 0.955. The Morgan fingerprint density at radius 3 is 2.23 bits per heavy atom. The average molecular weight is 179 g/mol. The van der Waals surface area contributed by atoms with Gasteiger partial charge in [-0.1, -0.05) is 45.4 Å². The molecule has 0 amide bonds. The third-order valence-electron chi connectivity index (χ3n) is 4.12. The molecule has 2 rings (SSSR count). The van der Waals surface area contributed by atoms with Crippen LogP contribution in [-0.4, -0.2) is 0 Å².